The summed E-state index contributed by atoms with van der Waals surface area (Å²) in [5.74, 6) is 0.992. The van der Waals surface area contributed by atoms with E-state index in [-0.39, 0.29) is 17.4 Å². The van der Waals surface area contributed by atoms with Gasteiger partial charge >= 0.3 is 0 Å². The van der Waals surface area contributed by atoms with Crippen LogP contribution in [0.1, 0.15) is 48.0 Å². The van der Waals surface area contributed by atoms with Gasteiger partial charge in [0, 0.05) is 50.2 Å². The third-order valence-electron chi connectivity index (χ3n) is 6.73. The summed E-state index contributed by atoms with van der Waals surface area (Å²) in [6.07, 6.45) is 4.79. The monoisotopic (exact) mass is 380 g/mol. The lowest BCUT2D eigenvalue weighted by Gasteiger charge is -2.49. The van der Waals surface area contributed by atoms with Gasteiger partial charge in [-0.25, -0.2) is 0 Å². The first-order chi connectivity index (χ1) is 13.5. The minimum atomic E-state index is -0.130. The smallest absolute Gasteiger partial charge is 0.253 e. The van der Waals surface area contributed by atoms with Crippen LogP contribution in [0.25, 0.3) is 0 Å². The van der Waals surface area contributed by atoms with Crippen molar-refractivity contribution < 1.29 is 9.59 Å². The van der Waals surface area contributed by atoms with E-state index < -0.39 is 0 Å². The van der Waals surface area contributed by atoms with Gasteiger partial charge in [0.25, 0.3) is 5.91 Å². The van der Waals surface area contributed by atoms with Crippen molar-refractivity contribution in [2.24, 2.45) is 5.92 Å². The lowest BCUT2D eigenvalue weighted by molar-refractivity contribution is -0.130. The maximum Gasteiger partial charge on any atom is 0.253 e. The second-order valence-electron chi connectivity index (χ2n) is 8.59. The van der Waals surface area contributed by atoms with Gasteiger partial charge < -0.3 is 9.80 Å². The summed E-state index contributed by atoms with van der Waals surface area (Å²) < 4.78 is 0. The van der Waals surface area contributed by atoms with Crippen molar-refractivity contribution in [1.82, 2.24) is 14.7 Å². The Labute approximate surface area is 166 Å². The van der Waals surface area contributed by atoms with Crippen LogP contribution >= 0.6 is 0 Å². The van der Waals surface area contributed by atoms with Gasteiger partial charge in [-0.1, -0.05) is 0 Å². The standard InChI is InChI=1S/C22H28N4O2/c1-24-12-13-26(21(28)19-6-4-17(14-23)5-7-19)16-22(24)9-8-20(27)25(11-10-22)15-18-2-3-18/h4-7,18H,2-3,8-13,15-16H2,1H3/t22-/m1/s1. The summed E-state index contributed by atoms with van der Waals surface area (Å²) in [7, 11) is 2.13. The second-order valence-corrected chi connectivity index (χ2v) is 8.59. The minimum Gasteiger partial charge on any atom is -0.342 e. The third kappa shape index (κ3) is 3.77. The topological polar surface area (TPSA) is 67.6 Å². The van der Waals surface area contributed by atoms with Crippen LogP contribution in [-0.2, 0) is 4.79 Å². The van der Waals surface area contributed by atoms with Gasteiger partial charge in [0.2, 0.25) is 5.91 Å². The summed E-state index contributed by atoms with van der Waals surface area (Å²) in [5.41, 5.74) is 1.05. The normalized spacial score (nSPS) is 26.2. The molecule has 4 rings (SSSR count). The Bertz CT molecular complexity index is 796. The van der Waals surface area contributed by atoms with Crippen LogP contribution in [0.15, 0.2) is 24.3 Å². The van der Waals surface area contributed by atoms with E-state index in [2.05, 4.69) is 22.9 Å². The van der Waals surface area contributed by atoms with Crippen molar-refractivity contribution in [3.63, 3.8) is 0 Å². The molecule has 2 aliphatic heterocycles. The Morgan fingerprint density at radius 2 is 1.93 bits per heavy atom. The fourth-order valence-electron chi connectivity index (χ4n) is 4.54. The van der Waals surface area contributed by atoms with Crippen LogP contribution in [-0.4, -0.2) is 71.8 Å². The van der Waals surface area contributed by atoms with E-state index >= 15 is 0 Å². The molecule has 1 aromatic carbocycles. The molecule has 6 nitrogen and oxygen atoms in total. The molecule has 3 fully saturated rings. The molecule has 3 aliphatic rings. The highest BCUT2D eigenvalue weighted by molar-refractivity contribution is 5.94. The molecular formula is C22H28N4O2. The summed E-state index contributed by atoms with van der Waals surface area (Å²) >= 11 is 0. The number of hydrogen-bond acceptors (Lipinski definition) is 4. The molecule has 0 N–H and O–H groups in total. The van der Waals surface area contributed by atoms with Crippen molar-refractivity contribution >= 4 is 11.8 Å². The van der Waals surface area contributed by atoms with Crippen LogP contribution in [0, 0.1) is 17.2 Å². The fourth-order valence-corrected chi connectivity index (χ4v) is 4.54. The maximum absolute atomic E-state index is 13.0. The molecule has 1 saturated carbocycles. The number of hydrogen-bond donors (Lipinski definition) is 0. The highest BCUT2D eigenvalue weighted by Crippen LogP contribution is 2.35. The zero-order chi connectivity index (χ0) is 19.7. The van der Waals surface area contributed by atoms with E-state index in [1.54, 1.807) is 24.3 Å². The number of nitriles is 1. The number of likely N-dealkylation sites (tertiary alicyclic amines) is 1. The van der Waals surface area contributed by atoms with E-state index in [0.717, 1.165) is 32.5 Å². The predicted molar refractivity (Wildman–Crippen MR) is 106 cm³/mol. The second kappa shape index (κ2) is 7.56. The molecule has 2 heterocycles. The molecule has 1 atom stereocenters. The van der Waals surface area contributed by atoms with Gasteiger partial charge in [-0.05, 0) is 62.9 Å². The van der Waals surface area contributed by atoms with Crippen molar-refractivity contribution in [1.29, 1.82) is 5.26 Å². The minimum absolute atomic E-state index is 0.0161. The average molecular weight is 380 g/mol. The van der Waals surface area contributed by atoms with Crippen LogP contribution in [0.2, 0.25) is 0 Å². The molecular weight excluding hydrogens is 352 g/mol. The molecule has 2 amide bonds. The molecule has 1 aromatic rings. The van der Waals surface area contributed by atoms with Crippen LogP contribution in [0.3, 0.4) is 0 Å². The van der Waals surface area contributed by atoms with E-state index in [1.807, 2.05) is 4.90 Å². The van der Waals surface area contributed by atoms with E-state index in [1.165, 1.54) is 12.8 Å². The van der Waals surface area contributed by atoms with Crippen LogP contribution in [0.4, 0.5) is 0 Å². The summed E-state index contributed by atoms with van der Waals surface area (Å²) in [6, 6.07) is 8.95. The Kier molecular flexibility index (Phi) is 5.11. The predicted octanol–water partition coefficient (Wildman–Crippen LogP) is 2.11. The first-order valence-electron chi connectivity index (χ1n) is 10.3. The lowest BCUT2D eigenvalue weighted by atomic mass is 9.86. The number of likely N-dealkylation sites (N-methyl/N-ethyl adjacent to an activating group) is 1. The molecule has 0 bridgehead atoms. The first kappa shape index (κ1) is 18.9. The Balaban J connectivity index is 1.48. The number of amides is 2. The molecule has 28 heavy (non-hydrogen) atoms. The number of carbonyl (C=O) groups excluding carboxylic acids is 2. The van der Waals surface area contributed by atoms with Crippen molar-refractivity contribution in [3.8, 4) is 6.07 Å². The molecule has 1 spiro atoms. The van der Waals surface area contributed by atoms with Crippen molar-refractivity contribution in [2.45, 2.75) is 37.6 Å². The lowest BCUT2D eigenvalue weighted by Crippen LogP contribution is -2.62. The number of rotatable bonds is 3. The summed E-state index contributed by atoms with van der Waals surface area (Å²) in [5, 5.41) is 8.96. The molecule has 0 unspecified atom stereocenters. The number of piperazine rings is 1. The largest absolute Gasteiger partial charge is 0.342 e. The summed E-state index contributed by atoms with van der Waals surface area (Å²) in [4.78, 5) is 32.0. The quantitative estimate of drug-likeness (QED) is 0.805. The van der Waals surface area contributed by atoms with Crippen LogP contribution < -0.4 is 0 Å². The van der Waals surface area contributed by atoms with Gasteiger partial charge in [0.1, 0.15) is 0 Å². The number of carbonyl (C=O) groups is 2. The third-order valence-corrected chi connectivity index (χ3v) is 6.73. The number of benzene rings is 1. The van der Waals surface area contributed by atoms with Gasteiger partial charge in [-0.15, -0.1) is 0 Å². The van der Waals surface area contributed by atoms with Gasteiger partial charge in [-0.2, -0.15) is 5.26 Å². The highest BCUT2D eigenvalue weighted by Gasteiger charge is 2.44. The van der Waals surface area contributed by atoms with E-state index in [9.17, 15) is 9.59 Å². The maximum atomic E-state index is 13.0. The Morgan fingerprint density at radius 3 is 2.61 bits per heavy atom. The molecule has 148 valence electrons. The van der Waals surface area contributed by atoms with E-state index in [4.69, 9.17) is 5.26 Å². The van der Waals surface area contributed by atoms with E-state index in [0.29, 0.717) is 36.6 Å². The van der Waals surface area contributed by atoms with Gasteiger partial charge in [0.05, 0.1) is 11.6 Å². The molecule has 1 aliphatic carbocycles. The van der Waals surface area contributed by atoms with Crippen LogP contribution in [0.5, 0.6) is 0 Å². The molecule has 0 aromatic heterocycles. The average Bonchev–Trinajstić information content (AvgIpc) is 3.55. The fraction of sp³-hybridized carbons (Fsp3) is 0.591. The molecule has 6 heteroatoms. The zero-order valence-corrected chi connectivity index (χ0v) is 16.6. The Hall–Kier alpha value is -2.39. The molecule has 0 radical (unpaired) electrons. The summed E-state index contributed by atoms with van der Waals surface area (Å²) in [6.45, 7) is 3.87. The van der Waals surface area contributed by atoms with Gasteiger partial charge in [0.15, 0.2) is 0 Å². The Morgan fingerprint density at radius 1 is 1.18 bits per heavy atom. The van der Waals surface area contributed by atoms with Gasteiger partial charge in [-0.3, -0.25) is 14.5 Å². The highest BCUT2D eigenvalue weighted by atomic mass is 16.2. The SMILES string of the molecule is CN1CCN(C(=O)c2ccc(C#N)cc2)C[C@]12CCC(=O)N(CC1CC1)CC2. The van der Waals surface area contributed by atoms with Crippen molar-refractivity contribution in [2.75, 3.05) is 39.8 Å². The number of nitrogens with zero attached hydrogens (tertiary/aromatic N) is 4. The van der Waals surface area contributed by atoms with Crippen molar-refractivity contribution in [3.05, 3.63) is 35.4 Å². The first-order valence-corrected chi connectivity index (χ1v) is 10.3. The molecule has 2 saturated heterocycles. The zero-order valence-electron chi connectivity index (χ0n) is 16.6.